The number of likely N-dealkylation sites (tertiary alicyclic amines) is 1. The van der Waals surface area contributed by atoms with Crippen molar-refractivity contribution in [3.8, 4) is 6.07 Å². The molecule has 132 valence electrons. The Bertz CT molecular complexity index is 745. The highest BCUT2D eigenvalue weighted by Crippen LogP contribution is 2.28. The molecule has 6 nitrogen and oxygen atoms in total. The van der Waals surface area contributed by atoms with Crippen LogP contribution in [-0.2, 0) is 11.3 Å². The van der Waals surface area contributed by atoms with Crippen LogP contribution in [0.25, 0.3) is 0 Å². The third-order valence-electron chi connectivity index (χ3n) is 4.57. The molecule has 1 saturated heterocycles. The lowest BCUT2D eigenvalue weighted by molar-refractivity contribution is 0.0193. The van der Waals surface area contributed by atoms with Gasteiger partial charge in [-0.25, -0.2) is 4.79 Å². The topological polar surface area (TPSA) is 73.6 Å². The van der Waals surface area contributed by atoms with Crippen LogP contribution in [-0.4, -0.2) is 46.5 Å². The second kappa shape index (κ2) is 6.40. The Morgan fingerprint density at radius 3 is 2.84 bits per heavy atom. The van der Waals surface area contributed by atoms with Crippen LogP contribution >= 0.6 is 0 Å². The van der Waals surface area contributed by atoms with E-state index in [0.29, 0.717) is 30.8 Å². The fourth-order valence-corrected chi connectivity index (χ4v) is 3.50. The third kappa shape index (κ3) is 3.46. The Labute approximate surface area is 148 Å². The van der Waals surface area contributed by atoms with E-state index in [1.165, 1.54) is 0 Å². The first-order chi connectivity index (χ1) is 11.8. The average molecular weight is 341 g/mol. The Kier molecular flexibility index (Phi) is 4.42. The van der Waals surface area contributed by atoms with Crippen molar-refractivity contribution < 1.29 is 14.3 Å². The van der Waals surface area contributed by atoms with Crippen molar-refractivity contribution in [2.75, 3.05) is 13.1 Å². The van der Waals surface area contributed by atoms with Crippen LogP contribution in [0.2, 0.25) is 0 Å². The molecule has 6 heteroatoms. The maximum Gasteiger partial charge on any atom is 0.410 e. The van der Waals surface area contributed by atoms with E-state index < -0.39 is 5.60 Å². The van der Waals surface area contributed by atoms with E-state index in [4.69, 9.17) is 4.74 Å². The van der Waals surface area contributed by atoms with Gasteiger partial charge in [-0.05, 0) is 45.2 Å². The van der Waals surface area contributed by atoms with E-state index in [1.54, 1.807) is 21.9 Å². The normalized spacial score (nSPS) is 19.8. The van der Waals surface area contributed by atoms with Crippen LogP contribution in [0.4, 0.5) is 4.79 Å². The summed E-state index contributed by atoms with van der Waals surface area (Å²) in [7, 11) is 0. The van der Waals surface area contributed by atoms with Crippen LogP contribution in [0.1, 0.15) is 55.1 Å². The summed E-state index contributed by atoms with van der Waals surface area (Å²) < 4.78 is 5.48. The molecule has 25 heavy (non-hydrogen) atoms. The summed E-state index contributed by atoms with van der Waals surface area (Å²) in [6.07, 6.45) is 1.43. The van der Waals surface area contributed by atoms with E-state index in [9.17, 15) is 14.9 Å². The summed E-state index contributed by atoms with van der Waals surface area (Å²) in [5, 5.41) is 9.22. The maximum atomic E-state index is 12.7. The first kappa shape index (κ1) is 17.3. The summed E-state index contributed by atoms with van der Waals surface area (Å²) in [4.78, 5) is 28.6. The number of hydrogen-bond donors (Lipinski definition) is 0. The maximum absolute atomic E-state index is 12.7. The summed E-state index contributed by atoms with van der Waals surface area (Å²) in [5.41, 5.74) is 1.27. The second-order valence-corrected chi connectivity index (χ2v) is 7.61. The van der Waals surface area contributed by atoms with Crippen molar-refractivity contribution in [3.63, 3.8) is 0 Å². The molecule has 1 fully saturated rings. The standard InChI is InChI=1S/C19H23N3O3/c1-19(2,3)25-18(24)22-9-5-8-15(22)12-21-11-14-7-4-6-13(10-20)16(14)17(21)23/h4,6-7,15H,5,8-9,11-12H2,1-3H3. The lowest BCUT2D eigenvalue weighted by Gasteiger charge is -2.30. The summed E-state index contributed by atoms with van der Waals surface area (Å²) >= 11 is 0. The molecule has 0 saturated carbocycles. The van der Waals surface area contributed by atoms with Gasteiger partial charge in [-0.1, -0.05) is 12.1 Å². The molecule has 3 rings (SSSR count). The number of fused-ring (bicyclic) bond motifs is 1. The number of rotatable bonds is 2. The molecule has 1 aromatic carbocycles. The van der Waals surface area contributed by atoms with Crippen molar-refractivity contribution in [1.29, 1.82) is 5.26 Å². The van der Waals surface area contributed by atoms with Gasteiger partial charge in [0, 0.05) is 19.6 Å². The van der Waals surface area contributed by atoms with E-state index >= 15 is 0 Å². The van der Waals surface area contributed by atoms with Crippen LogP contribution in [0.5, 0.6) is 0 Å². The van der Waals surface area contributed by atoms with E-state index in [-0.39, 0.29) is 18.0 Å². The molecule has 2 aliphatic heterocycles. The van der Waals surface area contributed by atoms with Gasteiger partial charge in [0.1, 0.15) is 5.60 Å². The number of carbonyl (C=O) groups is 2. The molecular weight excluding hydrogens is 318 g/mol. The third-order valence-corrected chi connectivity index (χ3v) is 4.57. The second-order valence-electron chi connectivity index (χ2n) is 7.61. The number of benzene rings is 1. The first-order valence-corrected chi connectivity index (χ1v) is 8.61. The van der Waals surface area contributed by atoms with Crippen LogP contribution in [0.3, 0.4) is 0 Å². The van der Waals surface area contributed by atoms with Gasteiger partial charge in [-0.3, -0.25) is 4.79 Å². The molecule has 1 unspecified atom stereocenters. The molecule has 0 bridgehead atoms. The quantitative estimate of drug-likeness (QED) is 0.829. The molecule has 0 spiro atoms. The molecule has 2 amide bonds. The van der Waals surface area contributed by atoms with Crippen molar-refractivity contribution >= 4 is 12.0 Å². The van der Waals surface area contributed by atoms with Crippen molar-refractivity contribution in [3.05, 3.63) is 34.9 Å². The fraction of sp³-hybridized carbons (Fsp3) is 0.526. The SMILES string of the molecule is CC(C)(C)OC(=O)N1CCCC1CN1Cc2cccc(C#N)c2C1=O. The van der Waals surface area contributed by atoms with E-state index in [0.717, 1.165) is 18.4 Å². The Balaban J connectivity index is 1.72. The minimum absolute atomic E-state index is 0.0429. The van der Waals surface area contributed by atoms with Gasteiger partial charge in [0.15, 0.2) is 0 Å². The summed E-state index contributed by atoms with van der Waals surface area (Å²) in [6, 6.07) is 7.40. The smallest absolute Gasteiger partial charge is 0.410 e. The zero-order valence-electron chi connectivity index (χ0n) is 14.9. The number of carbonyl (C=O) groups excluding carboxylic acids is 2. The van der Waals surface area contributed by atoms with Gasteiger partial charge in [-0.15, -0.1) is 0 Å². The predicted molar refractivity (Wildman–Crippen MR) is 91.9 cm³/mol. The zero-order chi connectivity index (χ0) is 18.2. The monoisotopic (exact) mass is 341 g/mol. The Morgan fingerprint density at radius 1 is 1.40 bits per heavy atom. The number of amides is 2. The minimum atomic E-state index is -0.536. The number of hydrogen-bond acceptors (Lipinski definition) is 4. The molecule has 2 heterocycles. The highest BCUT2D eigenvalue weighted by Gasteiger charge is 2.37. The fourth-order valence-electron chi connectivity index (χ4n) is 3.50. The Morgan fingerprint density at radius 2 is 2.16 bits per heavy atom. The molecular formula is C19H23N3O3. The molecule has 0 radical (unpaired) electrons. The van der Waals surface area contributed by atoms with Gasteiger partial charge in [0.25, 0.3) is 5.91 Å². The van der Waals surface area contributed by atoms with Gasteiger partial charge in [-0.2, -0.15) is 5.26 Å². The Hall–Kier alpha value is -2.55. The van der Waals surface area contributed by atoms with Crippen molar-refractivity contribution in [1.82, 2.24) is 9.80 Å². The molecule has 0 aliphatic carbocycles. The molecule has 1 aromatic rings. The van der Waals surface area contributed by atoms with Gasteiger partial charge in [0.05, 0.1) is 23.2 Å². The van der Waals surface area contributed by atoms with Crippen molar-refractivity contribution in [2.45, 2.75) is 51.8 Å². The molecule has 2 aliphatic rings. The molecule has 0 aromatic heterocycles. The van der Waals surface area contributed by atoms with Crippen LogP contribution in [0.15, 0.2) is 18.2 Å². The van der Waals surface area contributed by atoms with E-state index in [1.807, 2.05) is 26.8 Å². The number of ether oxygens (including phenoxy) is 1. The van der Waals surface area contributed by atoms with E-state index in [2.05, 4.69) is 6.07 Å². The highest BCUT2D eigenvalue weighted by molar-refractivity contribution is 6.00. The predicted octanol–water partition coefficient (Wildman–Crippen LogP) is 2.91. The van der Waals surface area contributed by atoms with Crippen molar-refractivity contribution in [2.24, 2.45) is 0 Å². The molecule has 0 N–H and O–H groups in total. The minimum Gasteiger partial charge on any atom is -0.444 e. The van der Waals surface area contributed by atoms with Crippen LogP contribution < -0.4 is 0 Å². The number of nitriles is 1. The molecule has 1 atom stereocenters. The van der Waals surface area contributed by atoms with Gasteiger partial charge in [0.2, 0.25) is 0 Å². The van der Waals surface area contributed by atoms with Gasteiger partial charge < -0.3 is 14.5 Å². The van der Waals surface area contributed by atoms with Crippen LogP contribution in [0, 0.1) is 11.3 Å². The largest absolute Gasteiger partial charge is 0.444 e. The summed E-state index contributed by atoms with van der Waals surface area (Å²) in [5.74, 6) is -0.122. The highest BCUT2D eigenvalue weighted by atomic mass is 16.6. The lowest BCUT2D eigenvalue weighted by atomic mass is 10.0. The zero-order valence-corrected chi connectivity index (χ0v) is 14.9. The first-order valence-electron chi connectivity index (χ1n) is 8.61. The number of nitrogens with zero attached hydrogens (tertiary/aromatic N) is 3. The summed E-state index contributed by atoms with van der Waals surface area (Å²) in [6.45, 7) is 7.15. The lowest BCUT2D eigenvalue weighted by Crippen LogP contribution is -2.45. The average Bonchev–Trinajstić information content (AvgIpc) is 3.11. The van der Waals surface area contributed by atoms with Gasteiger partial charge >= 0.3 is 6.09 Å².